The number of para-hydroxylation sites is 1. The quantitative estimate of drug-likeness (QED) is 0.597. The van der Waals surface area contributed by atoms with Crippen LogP contribution < -0.4 is 5.32 Å². The summed E-state index contributed by atoms with van der Waals surface area (Å²) in [7, 11) is 0. The van der Waals surface area contributed by atoms with Gasteiger partial charge >= 0.3 is 0 Å². The second-order valence-electron chi connectivity index (χ2n) is 7.97. The molecule has 3 aromatic rings. The molecule has 2 heterocycles. The highest BCUT2D eigenvalue weighted by Gasteiger charge is 2.42. The van der Waals surface area contributed by atoms with Crippen LogP contribution in [0, 0.1) is 6.92 Å². The summed E-state index contributed by atoms with van der Waals surface area (Å²) >= 11 is 1.26. The summed E-state index contributed by atoms with van der Waals surface area (Å²) in [6.45, 7) is 3.79. The maximum Gasteiger partial charge on any atom is 0.263 e. The molecule has 0 aliphatic carbocycles. The Hall–Kier alpha value is -3.71. The number of aliphatic imine (C=N–C) groups is 2. The van der Waals surface area contributed by atoms with Crippen molar-refractivity contribution in [2.24, 2.45) is 9.98 Å². The fourth-order valence-electron chi connectivity index (χ4n) is 3.86. The lowest BCUT2D eigenvalue weighted by Crippen LogP contribution is -2.41. The molecule has 5 rings (SSSR count). The summed E-state index contributed by atoms with van der Waals surface area (Å²) in [5, 5.41) is 2.94. The number of aryl methyl sites for hydroxylation is 1. The van der Waals surface area contributed by atoms with Crippen molar-refractivity contribution >= 4 is 46.0 Å². The number of fused-ring (bicyclic) bond motifs is 3. The van der Waals surface area contributed by atoms with E-state index in [9.17, 15) is 9.59 Å². The first-order valence-electron chi connectivity index (χ1n) is 10.7. The molecule has 6 nitrogen and oxygen atoms in total. The summed E-state index contributed by atoms with van der Waals surface area (Å²) in [5.74, 6) is 0.258. The zero-order chi connectivity index (χ0) is 22.9. The monoisotopic (exact) mass is 454 g/mol. The van der Waals surface area contributed by atoms with E-state index in [1.165, 1.54) is 11.8 Å². The molecule has 2 aliphatic heterocycles. The number of carbonyl (C=O) groups excluding carboxylic acids is 2. The molecule has 0 spiro atoms. The van der Waals surface area contributed by atoms with E-state index in [2.05, 4.69) is 5.32 Å². The van der Waals surface area contributed by atoms with E-state index < -0.39 is 11.3 Å². The number of hydrogen-bond donors (Lipinski definition) is 1. The van der Waals surface area contributed by atoms with Crippen molar-refractivity contribution in [3.63, 3.8) is 0 Å². The topological polar surface area (TPSA) is 74.1 Å². The smallest absolute Gasteiger partial charge is 0.263 e. The molecule has 0 fully saturated rings. The molecular weight excluding hydrogens is 432 g/mol. The Bertz CT molecular complexity index is 1300. The predicted molar refractivity (Wildman–Crippen MR) is 133 cm³/mol. The molecule has 0 bridgehead atoms. The molecule has 0 saturated heterocycles. The molecule has 0 radical (unpaired) electrons. The second-order valence-corrected chi connectivity index (χ2v) is 9.28. The van der Waals surface area contributed by atoms with Gasteiger partial charge in [-0.2, -0.15) is 0 Å². The standard InChI is InChI=1S/C26H22N4O2S/c1-16-9-8-12-19(15-16)27-24(31)17(2)33-26-28-21-14-7-6-13-20(21)23-29-22(25(32)30(23)26)18-10-4-3-5-11-18/h3-15,17,22H,1-2H3,(H,27,31)/t17-,22+/m0/s1. The molecule has 164 valence electrons. The molecule has 33 heavy (non-hydrogen) atoms. The minimum absolute atomic E-state index is 0.156. The first-order valence-corrected chi connectivity index (χ1v) is 11.6. The molecule has 3 aromatic carbocycles. The van der Waals surface area contributed by atoms with Gasteiger partial charge in [-0.15, -0.1) is 0 Å². The largest absolute Gasteiger partial charge is 0.325 e. The Morgan fingerprint density at radius 3 is 2.58 bits per heavy atom. The van der Waals surface area contributed by atoms with Crippen LogP contribution >= 0.6 is 11.8 Å². The number of nitrogens with zero attached hydrogens (tertiary/aromatic N) is 3. The van der Waals surface area contributed by atoms with Crippen molar-refractivity contribution < 1.29 is 9.59 Å². The molecule has 0 saturated carbocycles. The summed E-state index contributed by atoms with van der Waals surface area (Å²) < 4.78 is 0. The number of rotatable bonds is 4. The fraction of sp³-hybridized carbons (Fsp3) is 0.154. The number of nitrogens with one attached hydrogen (secondary N) is 1. The fourth-order valence-corrected chi connectivity index (χ4v) is 4.77. The Morgan fingerprint density at radius 2 is 1.79 bits per heavy atom. The number of anilines is 1. The van der Waals surface area contributed by atoms with Gasteiger partial charge in [0.05, 0.1) is 10.9 Å². The number of benzene rings is 3. The Labute approximate surface area is 196 Å². The lowest BCUT2D eigenvalue weighted by molar-refractivity contribution is -0.124. The number of hydrogen-bond acceptors (Lipinski definition) is 5. The third-order valence-electron chi connectivity index (χ3n) is 5.52. The molecule has 2 atom stereocenters. The van der Waals surface area contributed by atoms with Crippen molar-refractivity contribution in [1.82, 2.24) is 4.90 Å². The molecule has 0 aromatic heterocycles. The third-order valence-corrected chi connectivity index (χ3v) is 6.57. The highest BCUT2D eigenvalue weighted by atomic mass is 32.2. The van der Waals surface area contributed by atoms with E-state index in [0.717, 1.165) is 28.1 Å². The van der Waals surface area contributed by atoms with Crippen molar-refractivity contribution in [2.75, 3.05) is 5.32 Å². The SMILES string of the molecule is Cc1cccc(NC(=O)[C@H](C)SC2=Nc3ccccc3C3=N[C@H](c4ccccc4)C(=O)N23)c1. The molecular formula is C26H22N4O2S. The van der Waals surface area contributed by atoms with Crippen LogP contribution in [-0.2, 0) is 9.59 Å². The highest BCUT2D eigenvalue weighted by molar-refractivity contribution is 8.15. The number of amidine groups is 2. The van der Waals surface area contributed by atoms with Crippen LogP contribution in [0.4, 0.5) is 11.4 Å². The average Bonchev–Trinajstić information content (AvgIpc) is 3.17. The second kappa shape index (κ2) is 8.67. The van der Waals surface area contributed by atoms with Gasteiger partial charge in [0, 0.05) is 11.3 Å². The number of amides is 2. The minimum Gasteiger partial charge on any atom is -0.325 e. The third kappa shape index (κ3) is 4.07. The van der Waals surface area contributed by atoms with Crippen LogP contribution in [0.1, 0.15) is 29.7 Å². The summed E-state index contributed by atoms with van der Waals surface area (Å²) in [5.41, 5.74) is 4.19. The molecule has 2 aliphatic rings. The first-order chi connectivity index (χ1) is 16.0. The van der Waals surface area contributed by atoms with Crippen LogP contribution in [0.5, 0.6) is 0 Å². The van der Waals surface area contributed by atoms with Gasteiger partial charge in [-0.1, -0.05) is 66.4 Å². The van der Waals surface area contributed by atoms with Gasteiger partial charge in [0.2, 0.25) is 5.91 Å². The van der Waals surface area contributed by atoms with Crippen LogP contribution in [0.3, 0.4) is 0 Å². The zero-order valence-electron chi connectivity index (χ0n) is 18.2. The van der Waals surface area contributed by atoms with Gasteiger partial charge in [0.25, 0.3) is 5.91 Å². The molecule has 7 heteroatoms. The van der Waals surface area contributed by atoms with Crippen molar-refractivity contribution in [2.45, 2.75) is 25.1 Å². The average molecular weight is 455 g/mol. The number of thioether (sulfide) groups is 1. The Balaban J connectivity index is 1.44. The van der Waals surface area contributed by atoms with Gasteiger partial charge in [-0.25, -0.2) is 14.9 Å². The van der Waals surface area contributed by atoms with Gasteiger partial charge in [0.1, 0.15) is 5.84 Å². The van der Waals surface area contributed by atoms with E-state index in [1.54, 1.807) is 4.90 Å². The summed E-state index contributed by atoms with van der Waals surface area (Å²) in [4.78, 5) is 37.4. The van der Waals surface area contributed by atoms with Crippen molar-refractivity contribution in [3.05, 3.63) is 95.6 Å². The summed E-state index contributed by atoms with van der Waals surface area (Å²) in [6.07, 6.45) is 0. The van der Waals surface area contributed by atoms with Crippen LogP contribution in [0.25, 0.3) is 0 Å². The highest BCUT2D eigenvalue weighted by Crippen LogP contribution is 2.38. The lowest BCUT2D eigenvalue weighted by Gasteiger charge is -2.26. The van der Waals surface area contributed by atoms with Crippen LogP contribution in [0.2, 0.25) is 0 Å². The zero-order valence-corrected chi connectivity index (χ0v) is 19.0. The van der Waals surface area contributed by atoms with Gasteiger partial charge in [-0.3, -0.25) is 9.59 Å². The summed E-state index contributed by atoms with van der Waals surface area (Å²) in [6, 6.07) is 24.2. The predicted octanol–water partition coefficient (Wildman–Crippen LogP) is 5.09. The van der Waals surface area contributed by atoms with Crippen LogP contribution in [-0.4, -0.2) is 33.0 Å². The van der Waals surface area contributed by atoms with Gasteiger partial charge in [0.15, 0.2) is 11.2 Å². The van der Waals surface area contributed by atoms with E-state index in [0.29, 0.717) is 11.0 Å². The van der Waals surface area contributed by atoms with E-state index in [-0.39, 0.29) is 11.8 Å². The number of carbonyl (C=O) groups is 2. The van der Waals surface area contributed by atoms with E-state index >= 15 is 0 Å². The first kappa shape index (κ1) is 21.2. The van der Waals surface area contributed by atoms with E-state index in [1.807, 2.05) is 92.7 Å². The molecule has 1 N–H and O–H groups in total. The van der Waals surface area contributed by atoms with Crippen molar-refractivity contribution in [3.8, 4) is 0 Å². The van der Waals surface area contributed by atoms with Crippen LogP contribution in [0.15, 0.2) is 88.8 Å². The molecule has 2 amide bonds. The molecule has 0 unspecified atom stereocenters. The van der Waals surface area contributed by atoms with Crippen molar-refractivity contribution in [1.29, 1.82) is 0 Å². The minimum atomic E-state index is -0.630. The maximum absolute atomic E-state index is 13.5. The van der Waals surface area contributed by atoms with Gasteiger partial charge in [-0.05, 0) is 49.2 Å². The normalized spacial score (nSPS) is 17.6. The maximum atomic E-state index is 13.5. The van der Waals surface area contributed by atoms with Gasteiger partial charge < -0.3 is 5.32 Å². The van der Waals surface area contributed by atoms with E-state index in [4.69, 9.17) is 9.98 Å². The lowest BCUT2D eigenvalue weighted by atomic mass is 10.1. The Kier molecular flexibility index (Phi) is 5.56. The Morgan fingerprint density at radius 1 is 1.03 bits per heavy atom.